The van der Waals surface area contributed by atoms with Crippen molar-refractivity contribution >= 4 is 32.6 Å². The van der Waals surface area contributed by atoms with Crippen LogP contribution in [-0.2, 0) is 11.3 Å². The zero-order chi connectivity index (χ0) is 20.3. The van der Waals surface area contributed by atoms with Gasteiger partial charge in [0.25, 0.3) is 5.56 Å². The smallest absolute Gasteiger partial charge is 0.275 e. The summed E-state index contributed by atoms with van der Waals surface area (Å²) in [6, 6.07) is 5.95. The van der Waals surface area contributed by atoms with E-state index in [-0.39, 0.29) is 23.9 Å². The molecule has 3 rings (SSSR count). The van der Waals surface area contributed by atoms with Crippen LogP contribution in [-0.4, -0.2) is 46.3 Å². The van der Waals surface area contributed by atoms with Crippen molar-refractivity contribution in [2.24, 2.45) is 0 Å². The number of aromatic nitrogens is 2. The lowest BCUT2D eigenvalue weighted by molar-refractivity contribution is -0.122. The molecule has 2 aromatic rings. The number of carbonyl (C=O) groups is 1. The van der Waals surface area contributed by atoms with E-state index >= 15 is 0 Å². The van der Waals surface area contributed by atoms with Gasteiger partial charge in [-0.15, -0.1) is 0 Å². The molecule has 0 aliphatic carbocycles. The Bertz CT molecular complexity index is 909. The highest BCUT2D eigenvalue weighted by molar-refractivity contribution is 9.10. The zero-order valence-corrected chi connectivity index (χ0v) is 18.5. The number of amides is 1. The molecule has 2 heterocycles. The van der Waals surface area contributed by atoms with E-state index in [1.54, 1.807) is 6.07 Å². The molecule has 1 fully saturated rings. The summed E-state index contributed by atoms with van der Waals surface area (Å²) in [4.78, 5) is 27.8. The van der Waals surface area contributed by atoms with E-state index in [9.17, 15) is 9.59 Å². The monoisotopic (exact) mass is 448 g/mol. The molecule has 1 aliphatic rings. The Morgan fingerprint density at radius 1 is 1.32 bits per heavy atom. The van der Waals surface area contributed by atoms with Gasteiger partial charge < -0.3 is 5.32 Å². The number of carbonyl (C=O) groups excluding carboxylic acids is 1. The third kappa shape index (κ3) is 4.63. The number of hydrogen-bond acceptors (Lipinski definition) is 4. The molecular formula is C21H29BrN4O2. The summed E-state index contributed by atoms with van der Waals surface area (Å²) >= 11 is 3.46. The Morgan fingerprint density at radius 2 is 2.11 bits per heavy atom. The van der Waals surface area contributed by atoms with Crippen LogP contribution >= 0.6 is 15.9 Å². The van der Waals surface area contributed by atoms with Gasteiger partial charge in [-0.1, -0.05) is 43.1 Å². The highest BCUT2D eigenvalue weighted by Gasteiger charge is 2.22. The third-order valence-electron chi connectivity index (χ3n) is 5.48. The van der Waals surface area contributed by atoms with Gasteiger partial charge in [0.15, 0.2) is 0 Å². The van der Waals surface area contributed by atoms with Crippen molar-refractivity contribution in [2.45, 2.75) is 58.5 Å². The molecule has 0 spiro atoms. The molecule has 152 valence electrons. The first-order chi connectivity index (χ1) is 13.4. The SMILES string of the molecule is CCN1CCCCC1CNC(=O)Cn1nc(C(C)C)c2cc(Br)ccc2c1=O. The van der Waals surface area contributed by atoms with Gasteiger partial charge >= 0.3 is 0 Å². The second-order valence-electron chi connectivity index (χ2n) is 7.77. The third-order valence-corrected chi connectivity index (χ3v) is 5.97. The van der Waals surface area contributed by atoms with E-state index in [0.29, 0.717) is 18.0 Å². The van der Waals surface area contributed by atoms with Crippen LogP contribution in [0.5, 0.6) is 0 Å². The standard InChI is InChI=1S/C21H29BrN4O2/c1-4-25-10-6-5-7-16(25)12-23-19(27)13-26-21(28)17-9-8-15(22)11-18(17)20(24-26)14(2)3/h8-9,11,14,16H,4-7,10,12-13H2,1-3H3,(H,23,27). The number of nitrogens with one attached hydrogen (secondary N) is 1. The normalized spacial score (nSPS) is 18.0. The van der Waals surface area contributed by atoms with Gasteiger partial charge in [-0.25, -0.2) is 4.68 Å². The number of rotatable bonds is 6. The van der Waals surface area contributed by atoms with E-state index in [1.165, 1.54) is 17.5 Å². The highest BCUT2D eigenvalue weighted by Crippen LogP contribution is 2.24. The number of benzene rings is 1. The molecule has 1 unspecified atom stereocenters. The maximum Gasteiger partial charge on any atom is 0.275 e. The van der Waals surface area contributed by atoms with Crippen LogP contribution in [0, 0.1) is 0 Å². The van der Waals surface area contributed by atoms with Crippen molar-refractivity contribution in [3.05, 3.63) is 38.7 Å². The fourth-order valence-electron chi connectivity index (χ4n) is 3.95. The number of likely N-dealkylation sites (tertiary alicyclic amines) is 1. The zero-order valence-electron chi connectivity index (χ0n) is 16.9. The maximum atomic E-state index is 12.9. The van der Waals surface area contributed by atoms with Gasteiger partial charge in [-0.05, 0) is 50.0 Å². The Labute approximate surface area is 174 Å². The summed E-state index contributed by atoms with van der Waals surface area (Å²) in [5.41, 5.74) is 0.600. The van der Waals surface area contributed by atoms with Gasteiger partial charge in [0.1, 0.15) is 6.54 Å². The first-order valence-corrected chi connectivity index (χ1v) is 10.9. The van der Waals surface area contributed by atoms with Gasteiger partial charge in [-0.3, -0.25) is 14.5 Å². The summed E-state index contributed by atoms with van der Waals surface area (Å²) in [5.74, 6) is -0.0190. The van der Waals surface area contributed by atoms with Gasteiger partial charge in [0, 0.05) is 22.4 Å². The fraction of sp³-hybridized carbons (Fsp3) is 0.571. The predicted molar refractivity (Wildman–Crippen MR) is 116 cm³/mol. The number of nitrogens with zero attached hydrogens (tertiary/aromatic N) is 3. The minimum Gasteiger partial charge on any atom is -0.353 e. The van der Waals surface area contributed by atoms with E-state index in [4.69, 9.17) is 0 Å². The molecule has 1 saturated heterocycles. The number of fused-ring (bicyclic) bond motifs is 1. The number of hydrogen-bond donors (Lipinski definition) is 1. The minimum atomic E-state index is -0.227. The Kier molecular flexibility index (Phi) is 6.88. The quantitative estimate of drug-likeness (QED) is 0.735. The molecule has 0 bridgehead atoms. The van der Waals surface area contributed by atoms with Crippen LogP contribution in [0.4, 0.5) is 0 Å². The van der Waals surface area contributed by atoms with E-state index in [2.05, 4.69) is 38.2 Å². The van der Waals surface area contributed by atoms with E-state index in [0.717, 1.165) is 35.1 Å². The summed E-state index contributed by atoms with van der Waals surface area (Å²) < 4.78 is 2.21. The molecule has 1 amide bonds. The summed E-state index contributed by atoms with van der Waals surface area (Å²) in [6.45, 7) is 8.91. The lowest BCUT2D eigenvalue weighted by atomic mass is 10.0. The van der Waals surface area contributed by atoms with Crippen molar-refractivity contribution in [1.29, 1.82) is 0 Å². The molecule has 7 heteroatoms. The van der Waals surface area contributed by atoms with Gasteiger partial charge in [0.2, 0.25) is 5.91 Å². The summed E-state index contributed by atoms with van der Waals surface area (Å²) in [6.07, 6.45) is 3.54. The van der Waals surface area contributed by atoms with Crippen LogP contribution in [0.2, 0.25) is 0 Å². The average Bonchev–Trinajstić information content (AvgIpc) is 2.68. The van der Waals surface area contributed by atoms with Crippen LogP contribution in [0.25, 0.3) is 10.8 Å². The van der Waals surface area contributed by atoms with Crippen molar-refractivity contribution in [2.75, 3.05) is 19.6 Å². The van der Waals surface area contributed by atoms with Crippen LogP contribution in [0.15, 0.2) is 27.5 Å². The Morgan fingerprint density at radius 3 is 2.82 bits per heavy atom. The predicted octanol–water partition coefficient (Wildman–Crippen LogP) is 3.27. The molecule has 6 nitrogen and oxygen atoms in total. The lowest BCUT2D eigenvalue weighted by Crippen LogP contribution is -2.47. The molecule has 1 aliphatic heterocycles. The second-order valence-corrected chi connectivity index (χ2v) is 8.69. The molecule has 1 atom stereocenters. The van der Waals surface area contributed by atoms with Crippen LogP contribution in [0.1, 0.15) is 51.6 Å². The fourth-order valence-corrected chi connectivity index (χ4v) is 4.31. The first kappa shape index (κ1) is 21.0. The number of likely N-dealkylation sites (N-methyl/N-ethyl adjacent to an activating group) is 1. The van der Waals surface area contributed by atoms with Gasteiger partial charge in [0.05, 0.1) is 11.1 Å². The van der Waals surface area contributed by atoms with Crippen LogP contribution in [0.3, 0.4) is 0 Å². The van der Waals surface area contributed by atoms with E-state index in [1.807, 2.05) is 26.0 Å². The number of halogens is 1. The average molecular weight is 449 g/mol. The Balaban J connectivity index is 1.78. The molecule has 0 saturated carbocycles. The van der Waals surface area contributed by atoms with Crippen molar-refractivity contribution in [1.82, 2.24) is 20.0 Å². The molecule has 1 aromatic heterocycles. The van der Waals surface area contributed by atoms with Crippen LogP contribution < -0.4 is 10.9 Å². The molecule has 28 heavy (non-hydrogen) atoms. The molecule has 1 N–H and O–H groups in total. The van der Waals surface area contributed by atoms with Gasteiger partial charge in [-0.2, -0.15) is 5.10 Å². The molecule has 0 radical (unpaired) electrons. The lowest BCUT2D eigenvalue weighted by Gasteiger charge is -2.34. The maximum absolute atomic E-state index is 12.9. The van der Waals surface area contributed by atoms with E-state index < -0.39 is 0 Å². The van der Waals surface area contributed by atoms with Crippen molar-refractivity contribution in [3.63, 3.8) is 0 Å². The first-order valence-electron chi connectivity index (χ1n) is 10.1. The largest absolute Gasteiger partial charge is 0.353 e. The second kappa shape index (κ2) is 9.18. The highest BCUT2D eigenvalue weighted by atomic mass is 79.9. The summed E-state index contributed by atoms with van der Waals surface area (Å²) in [5, 5.41) is 8.97. The molecular weight excluding hydrogens is 420 g/mol. The number of piperidine rings is 1. The van der Waals surface area contributed by atoms with Crippen molar-refractivity contribution in [3.8, 4) is 0 Å². The minimum absolute atomic E-state index is 0.0522. The summed E-state index contributed by atoms with van der Waals surface area (Å²) in [7, 11) is 0. The molecule has 1 aromatic carbocycles. The topological polar surface area (TPSA) is 67.2 Å². The van der Waals surface area contributed by atoms with Crippen molar-refractivity contribution < 1.29 is 4.79 Å². The Hall–Kier alpha value is -1.73.